The Morgan fingerprint density at radius 1 is 1.04 bits per heavy atom. The van der Waals surface area contributed by atoms with Gasteiger partial charge in [0.05, 0.1) is 9.82 Å². The molecule has 2 rings (SSSR count). The van der Waals surface area contributed by atoms with E-state index in [2.05, 4.69) is 0 Å². The summed E-state index contributed by atoms with van der Waals surface area (Å²) in [7, 11) is -4.89. The first-order valence-corrected chi connectivity index (χ1v) is 7.83. The van der Waals surface area contributed by atoms with E-state index in [0.717, 1.165) is 24.3 Å². The lowest BCUT2D eigenvalue weighted by molar-refractivity contribution is -0.384. The molecule has 0 spiro atoms. The van der Waals surface area contributed by atoms with Crippen molar-refractivity contribution in [2.24, 2.45) is 0 Å². The summed E-state index contributed by atoms with van der Waals surface area (Å²) in [5.74, 6) is 0. The minimum Gasteiger partial charge on any atom is -0.258 e. The average molecular weight is 339 g/mol. The average Bonchev–Trinajstić information content (AvgIpc) is 2.54. The molecule has 2 aromatic rings. The highest BCUT2D eigenvalue weighted by Gasteiger charge is 2.43. The Morgan fingerprint density at radius 3 is 2.30 bits per heavy atom. The summed E-state index contributed by atoms with van der Waals surface area (Å²) in [4.78, 5) is 9.46. The molecular weight excluding hydrogens is 328 g/mol. The fourth-order valence-electron chi connectivity index (χ4n) is 1.78. The molecule has 0 amide bonds. The van der Waals surface area contributed by atoms with Gasteiger partial charge in [-0.05, 0) is 17.7 Å². The standard InChI is InChI=1S/C15H11F2NO4S/c16-15(17,23(21,22)14-7-2-1-3-8-14)10-9-12-5-4-6-13(11-12)18(19)20/h1-11H/b10-9+. The quantitative estimate of drug-likeness (QED) is 0.615. The molecule has 0 fully saturated rings. The van der Waals surface area contributed by atoms with Crippen molar-refractivity contribution in [1.29, 1.82) is 0 Å². The molecule has 0 radical (unpaired) electrons. The lowest BCUT2D eigenvalue weighted by Gasteiger charge is -2.13. The Labute approximate surface area is 131 Å². The number of nitro benzene ring substituents is 1. The summed E-state index contributed by atoms with van der Waals surface area (Å²) < 4.78 is 51.9. The number of nitro groups is 1. The van der Waals surface area contributed by atoms with Crippen molar-refractivity contribution in [3.63, 3.8) is 0 Å². The molecular formula is C15H11F2NO4S. The lowest BCUT2D eigenvalue weighted by Crippen LogP contribution is -2.26. The summed E-state index contributed by atoms with van der Waals surface area (Å²) in [6.07, 6.45) is 1.06. The van der Waals surface area contributed by atoms with Crippen molar-refractivity contribution in [3.05, 3.63) is 76.4 Å². The molecule has 0 aromatic heterocycles. The van der Waals surface area contributed by atoms with Gasteiger partial charge in [-0.25, -0.2) is 8.42 Å². The maximum atomic E-state index is 14.0. The van der Waals surface area contributed by atoms with Crippen molar-refractivity contribution >= 4 is 21.6 Å². The Morgan fingerprint density at radius 2 is 1.70 bits per heavy atom. The maximum Gasteiger partial charge on any atom is 0.368 e. The Hall–Kier alpha value is -2.61. The van der Waals surface area contributed by atoms with Gasteiger partial charge in [0.1, 0.15) is 0 Å². The third-order valence-electron chi connectivity index (χ3n) is 2.96. The number of hydrogen-bond donors (Lipinski definition) is 0. The molecule has 8 heteroatoms. The molecule has 5 nitrogen and oxygen atoms in total. The topological polar surface area (TPSA) is 77.3 Å². The third kappa shape index (κ3) is 3.59. The van der Waals surface area contributed by atoms with Gasteiger partial charge in [0.15, 0.2) is 0 Å². The van der Waals surface area contributed by atoms with E-state index < -0.39 is 24.9 Å². The Kier molecular flexibility index (Phi) is 4.55. The predicted octanol–water partition coefficient (Wildman–Crippen LogP) is 3.67. The van der Waals surface area contributed by atoms with Crippen LogP contribution in [-0.4, -0.2) is 18.6 Å². The van der Waals surface area contributed by atoms with E-state index in [-0.39, 0.29) is 17.3 Å². The molecule has 120 valence electrons. The number of sulfone groups is 1. The number of alkyl halides is 2. The number of nitrogens with zero attached hydrogens (tertiary/aromatic N) is 1. The molecule has 0 saturated heterocycles. The van der Waals surface area contributed by atoms with Crippen molar-refractivity contribution in [2.45, 2.75) is 10.2 Å². The first-order valence-electron chi connectivity index (χ1n) is 6.35. The van der Waals surface area contributed by atoms with Crippen molar-refractivity contribution < 1.29 is 22.1 Å². The van der Waals surface area contributed by atoms with E-state index in [9.17, 15) is 27.3 Å². The SMILES string of the molecule is O=[N+]([O-])c1cccc(/C=C/C(F)(F)S(=O)(=O)c2ccccc2)c1. The van der Waals surface area contributed by atoms with E-state index in [4.69, 9.17) is 0 Å². The van der Waals surface area contributed by atoms with Crippen LogP contribution in [0.3, 0.4) is 0 Å². The molecule has 2 aromatic carbocycles. The smallest absolute Gasteiger partial charge is 0.258 e. The van der Waals surface area contributed by atoms with E-state index in [1.807, 2.05) is 0 Å². The van der Waals surface area contributed by atoms with Crippen LogP contribution in [0.5, 0.6) is 0 Å². The fourth-order valence-corrected chi connectivity index (χ4v) is 2.86. The zero-order chi connectivity index (χ0) is 17.1. The first-order chi connectivity index (χ1) is 10.7. The van der Waals surface area contributed by atoms with E-state index in [1.165, 1.54) is 36.4 Å². The monoisotopic (exact) mass is 339 g/mol. The minimum atomic E-state index is -4.89. The van der Waals surface area contributed by atoms with Crippen LogP contribution in [0.25, 0.3) is 6.08 Å². The van der Waals surface area contributed by atoms with Gasteiger partial charge in [-0.2, -0.15) is 8.78 Å². The van der Waals surface area contributed by atoms with E-state index in [1.54, 1.807) is 0 Å². The molecule has 0 unspecified atom stereocenters. The van der Waals surface area contributed by atoms with Crippen molar-refractivity contribution in [1.82, 2.24) is 0 Å². The number of non-ortho nitro benzene ring substituents is 1. The number of benzene rings is 2. The Bertz CT molecular complexity index is 849. The van der Waals surface area contributed by atoms with Crippen LogP contribution in [0.1, 0.15) is 5.56 Å². The van der Waals surface area contributed by atoms with Crippen molar-refractivity contribution in [3.8, 4) is 0 Å². The molecule has 0 aliphatic rings. The number of rotatable bonds is 5. The van der Waals surface area contributed by atoms with E-state index >= 15 is 0 Å². The first kappa shape index (κ1) is 16.8. The second-order valence-corrected chi connectivity index (χ2v) is 6.59. The summed E-state index contributed by atoms with van der Waals surface area (Å²) >= 11 is 0. The second-order valence-electron chi connectivity index (χ2n) is 4.56. The van der Waals surface area contributed by atoms with Gasteiger partial charge >= 0.3 is 5.25 Å². The minimum absolute atomic E-state index is 0.0992. The lowest BCUT2D eigenvalue weighted by atomic mass is 10.2. The van der Waals surface area contributed by atoms with Gasteiger partial charge < -0.3 is 0 Å². The third-order valence-corrected chi connectivity index (χ3v) is 4.71. The Balaban J connectivity index is 2.34. The maximum absolute atomic E-state index is 14.0. The van der Waals surface area contributed by atoms with Crippen LogP contribution < -0.4 is 0 Å². The summed E-state index contributed by atoms with van der Waals surface area (Å²) in [6, 6.07) is 11.3. The summed E-state index contributed by atoms with van der Waals surface area (Å²) in [5, 5.41) is 6.50. The van der Waals surface area contributed by atoms with Crippen LogP contribution in [-0.2, 0) is 9.84 Å². The van der Waals surface area contributed by atoms with Crippen LogP contribution in [0.15, 0.2) is 65.6 Å². The van der Waals surface area contributed by atoms with Gasteiger partial charge in [0.25, 0.3) is 5.69 Å². The summed E-state index contributed by atoms with van der Waals surface area (Å²) in [6.45, 7) is 0. The highest BCUT2D eigenvalue weighted by Crippen LogP contribution is 2.31. The molecule has 23 heavy (non-hydrogen) atoms. The predicted molar refractivity (Wildman–Crippen MR) is 80.7 cm³/mol. The molecule has 0 heterocycles. The number of halogens is 2. The molecule has 0 atom stereocenters. The largest absolute Gasteiger partial charge is 0.368 e. The van der Waals surface area contributed by atoms with Gasteiger partial charge in [0, 0.05) is 18.2 Å². The zero-order valence-electron chi connectivity index (χ0n) is 11.6. The number of hydrogen-bond acceptors (Lipinski definition) is 4. The fraction of sp³-hybridized carbons (Fsp3) is 0.0667. The molecule has 0 saturated carbocycles. The summed E-state index contributed by atoms with van der Waals surface area (Å²) in [5.41, 5.74) is -0.177. The van der Waals surface area contributed by atoms with Gasteiger partial charge in [-0.1, -0.05) is 36.4 Å². The van der Waals surface area contributed by atoms with Gasteiger partial charge in [0.2, 0.25) is 9.84 Å². The molecule has 0 N–H and O–H groups in total. The van der Waals surface area contributed by atoms with Crippen molar-refractivity contribution in [2.75, 3.05) is 0 Å². The van der Waals surface area contributed by atoms with Crippen LogP contribution in [0, 0.1) is 10.1 Å². The second kappa shape index (κ2) is 6.25. The highest BCUT2D eigenvalue weighted by molar-refractivity contribution is 7.92. The highest BCUT2D eigenvalue weighted by atomic mass is 32.2. The van der Waals surface area contributed by atoms with Crippen LogP contribution in [0.2, 0.25) is 0 Å². The molecule has 0 bridgehead atoms. The molecule has 0 aliphatic carbocycles. The normalized spacial score (nSPS) is 12.4. The van der Waals surface area contributed by atoms with E-state index in [0.29, 0.717) is 0 Å². The van der Waals surface area contributed by atoms with Crippen LogP contribution >= 0.6 is 0 Å². The van der Waals surface area contributed by atoms with Crippen LogP contribution in [0.4, 0.5) is 14.5 Å². The zero-order valence-corrected chi connectivity index (χ0v) is 12.4. The van der Waals surface area contributed by atoms with Gasteiger partial charge in [-0.3, -0.25) is 10.1 Å². The van der Waals surface area contributed by atoms with Gasteiger partial charge in [-0.15, -0.1) is 0 Å². The molecule has 0 aliphatic heterocycles.